The number of para-hydroxylation sites is 1. The zero-order valence-electron chi connectivity index (χ0n) is 12.5. The van der Waals surface area contributed by atoms with Crippen LogP contribution in [-0.2, 0) is 4.74 Å². The van der Waals surface area contributed by atoms with Crippen LogP contribution < -0.4 is 0 Å². The average Bonchev–Trinajstić information content (AvgIpc) is 3.03. The van der Waals surface area contributed by atoms with Gasteiger partial charge in [-0.3, -0.25) is 4.79 Å². The van der Waals surface area contributed by atoms with Crippen LogP contribution in [0.3, 0.4) is 0 Å². The number of rotatable bonds is 4. The third kappa shape index (κ3) is 3.21. The molecule has 0 aliphatic rings. The van der Waals surface area contributed by atoms with Crippen LogP contribution in [0.1, 0.15) is 26.5 Å². The maximum absolute atomic E-state index is 12.2. The second-order valence-corrected chi connectivity index (χ2v) is 4.96. The molecule has 0 bridgehead atoms. The molecule has 0 aliphatic heterocycles. The first kappa shape index (κ1) is 14.8. The molecule has 0 saturated heterocycles. The molecule has 0 spiro atoms. The van der Waals surface area contributed by atoms with Gasteiger partial charge in [-0.1, -0.05) is 36.4 Å². The number of furan rings is 1. The summed E-state index contributed by atoms with van der Waals surface area (Å²) in [6.45, 7) is 0. The van der Waals surface area contributed by atoms with E-state index in [-0.39, 0.29) is 11.8 Å². The SMILES string of the molecule is COC(=O)c1ccc(/C=C/C(=O)c2cc3ccccc3o2)cc1. The molecule has 0 unspecified atom stereocenters. The third-order valence-electron chi connectivity index (χ3n) is 3.43. The highest BCUT2D eigenvalue weighted by molar-refractivity contribution is 6.07. The first-order valence-corrected chi connectivity index (χ1v) is 7.07. The van der Waals surface area contributed by atoms with E-state index in [1.54, 1.807) is 36.4 Å². The van der Waals surface area contributed by atoms with Gasteiger partial charge >= 0.3 is 5.97 Å². The summed E-state index contributed by atoms with van der Waals surface area (Å²) in [6, 6.07) is 16.0. The van der Waals surface area contributed by atoms with Crippen LogP contribution in [0.2, 0.25) is 0 Å². The number of carbonyl (C=O) groups excluding carboxylic acids is 2. The number of carbonyl (C=O) groups is 2. The molecule has 23 heavy (non-hydrogen) atoms. The van der Waals surface area contributed by atoms with Crippen LogP contribution >= 0.6 is 0 Å². The zero-order valence-corrected chi connectivity index (χ0v) is 12.5. The van der Waals surface area contributed by atoms with Gasteiger partial charge in [0.05, 0.1) is 12.7 Å². The first-order chi connectivity index (χ1) is 11.2. The molecule has 0 radical (unpaired) electrons. The van der Waals surface area contributed by atoms with Crippen LogP contribution in [0.15, 0.2) is 65.1 Å². The van der Waals surface area contributed by atoms with Crippen LogP contribution in [0.25, 0.3) is 17.0 Å². The van der Waals surface area contributed by atoms with E-state index in [4.69, 9.17) is 4.42 Å². The number of ether oxygens (including phenoxy) is 1. The minimum absolute atomic E-state index is 0.210. The number of hydrogen-bond acceptors (Lipinski definition) is 4. The van der Waals surface area contributed by atoms with Gasteiger partial charge in [0.15, 0.2) is 5.76 Å². The van der Waals surface area contributed by atoms with Gasteiger partial charge in [0.1, 0.15) is 5.58 Å². The van der Waals surface area contributed by atoms with Crippen molar-refractivity contribution in [2.75, 3.05) is 7.11 Å². The Balaban J connectivity index is 1.76. The zero-order chi connectivity index (χ0) is 16.2. The van der Waals surface area contributed by atoms with Crippen LogP contribution in [0.4, 0.5) is 0 Å². The number of benzene rings is 2. The maximum Gasteiger partial charge on any atom is 0.337 e. The highest BCUT2D eigenvalue weighted by Gasteiger charge is 2.09. The first-order valence-electron chi connectivity index (χ1n) is 7.07. The number of hydrogen-bond donors (Lipinski definition) is 0. The second kappa shape index (κ2) is 6.32. The summed E-state index contributed by atoms with van der Waals surface area (Å²) in [4.78, 5) is 23.5. The lowest BCUT2D eigenvalue weighted by atomic mass is 10.1. The molecule has 3 rings (SSSR count). The summed E-state index contributed by atoms with van der Waals surface area (Å²) in [6.07, 6.45) is 3.13. The molecule has 114 valence electrons. The Labute approximate surface area is 133 Å². The largest absolute Gasteiger partial charge is 0.465 e. The van der Waals surface area contributed by atoms with Gasteiger partial charge in [-0.15, -0.1) is 0 Å². The second-order valence-electron chi connectivity index (χ2n) is 4.96. The predicted molar refractivity (Wildman–Crippen MR) is 87.4 cm³/mol. The van der Waals surface area contributed by atoms with Crippen molar-refractivity contribution in [2.45, 2.75) is 0 Å². The lowest BCUT2D eigenvalue weighted by molar-refractivity contribution is 0.0600. The summed E-state index contributed by atoms with van der Waals surface area (Å²) in [5.74, 6) is -0.300. The van der Waals surface area contributed by atoms with Crippen molar-refractivity contribution in [3.63, 3.8) is 0 Å². The van der Waals surface area contributed by atoms with Gasteiger partial charge in [0, 0.05) is 5.39 Å². The van der Waals surface area contributed by atoms with E-state index in [0.717, 1.165) is 10.9 Å². The predicted octanol–water partition coefficient (Wildman–Crippen LogP) is 4.12. The molecule has 4 heteroatoms. The van der Waals surface area contributed by atoms with E-state index in [1.807, 2.05) is 24.3 Å². The van der Waals surface area contributed by atoms with Crippen LogP contribution in [0.5, 0.6) is 0 Å². The van der Waals surface area contributed by atoms with Crippen LogP contribution in [0, 0.1) is 0 Å². The molecular weight excluding hydrogens is 292 g/mol. The van der Waals surface area contributed by atoms with E-state index in [9.17, 15) is 9.59 Å². The number of ketones is 1. The molecule has 2 aromatic carbocycles. The van der Waals surface area contributed by atoms with Gasteiger partial charge in [-0.2, -0.15) is 0 Å². The maximum atomic E-state index is 12.2. The third-order valence-corrected chi connectivity index (χ3v) is 3.43. The minimum Gasteiger partial charge on any atom is -0.465 e. The van der Waals surface area contributed by atoms with Crippen molar-refractivity contribution in [1.29, 1.82) is 0 Å². The topological polar surface area (TPSA) is 56.5 Å². The smallest absolute Gasteiger partial charge is 0.337 e. The fourth-order valence-electron chi connectivity index (χ4n) is 2.21. The number of allylic oxidation sites excluding steroid dienone is 1. The summed E-state index contributed by atoms with van der Waals surface area (Å²) >= 11 is 0. The summed E-state index contributed by atoms with van der Waals surface area (Å²) in [5.41, 5.74) is 1.96. The monoisotopic (exact) mass is 306 g/mol. The van der Waals surface area contributed by atoms with Gasteiger partial charge in [0.25, 0.3) is 0 Å². The lowest BCUT2D eigenvalue weighted by Gasteiger charge is -1.99. The Morgan fingerprint density at radius 2 is 1.78 bits per heavy atom. The van der Waals surface area contributed by atoms with E-state index in [1.165, 1.54) is 13.2 Å². The lowest BCUT2D eigenvalue weighted by Crippen LogP contribution is -2.00. The highest BCUT2D eigenvalue weighted by atomic mass is 16.5. The molecular formula is C19H14O4. The molecule has 0 N–H and O–H groups in total. The van der Waals surface area contributed by atoms with Crippen molar-refractivity contribution in [2.24, 2.45) is 0 Å². The number of esters is 1. The molecule has 0 atom stereocenters. The number of methoxy groups -OCH3 is 1. The Morgan fingerprint density at radius 1 is 1.04 bits per heavy atom. The van der Waals surface area contributed by atoms with Gasteiger partial charge in [-0.25, -0.2) is 4.79 Å². The Bertz CT molecular complexity index is 852. The number of fused-ring (bicyclic) bond motifs is 1. The quantitative estimate of drug-likeness (QED) is 0.413. The Hall–Kier alpha value is -3.14. The van der Waals surface area contributed by atoms with Crippen molar-refractivity contribution < 1.29 is 18.7 Å². The molecule has 0 fully saturated rings. The molecule has 3 aromatic rings. The highest BCUT2D eigenvalue weighted by Crippen LogP contribution is 2.19. The standard InChI is InChI=1S/C19H14O4/c1-22-19(21)14-9-6-13(7-10-14)8-11-16(20)18-12-15-4-2-3-5-17(15)23-18/h2-12H,1H3/b11-8+. The van der Waals surface area contributed by atoms with Gasteiger partial charge in [-0.05, 0) is 35.9 Å². The Morgan fingerprint density at radius 3 is 2.48 bits per heavy atom. The minimum atomic E-state index is -0.390. The van der Waals surface area contributed by atoms with Crippen LogP contribution in [-0.4, -0.2) is 18.9 Å². The van der Waals surface area contributed by atoms with Crippen molar-refractivity contribution in [3.05, 3.63) is 77.6 Å². The van der Waals surface area contributed by atoms with Crippen molar-refractivity contribution >= 4 is 28.8 Å². The molecule has 0 amide bonds. The molecule has 0 saturated carbocycles. The summed E-state index contributed by atoms with van der Waals surface area (Å²) in [5, 5.41) is 0.895. The van der Waals surface area contributed by atoms with E-state index < -0.39 is 0 Å². The van der Waals surface area contributed by atoms with Gasteiger partial charge in [0.2, 0.25) is 5.78 Å². The van der Waals surface area contributed by atoms with Crippen molar-refractivity contribution in [3.8, 4) is 0 Å². The van der Waals surface area contributed by atoms with E-state index in [2.05, 4.69) is 4.74 Å². The fourth-order valence-corrected chi connectivity index (χ4v) is 2.21. The molecule has 1 aromatic heterocycles. The van der Waals surface area contributed by atoms with Crippen molar-refractivity contribution in [1.82, 2.24) is 0 Å². The Kier molecular flexibility index (Phi) is 4.06. The summed E-state index contributed by atoms with van der Waals surface area (Å²) < 4.78 is 10.2. The van der Waals surface area contributed by atoms with E-state index in [0.29, 0.717) is 16.9 Å². The summed E-state index contributed by atoms with van der Waals surface area (Å²) in [7, 11) is 1.34. The molecule has 0 aliphatic carbocycles. The average molecular weight is 306 g/mol. The molecule has 1 heterocycles. The normalized spacial score (nSPS) is 11.0. The molecule has 4 nitrogen and oxygen atoms in total. The van der Waals surface area contributed by atoms with E-state index >= 15 is 0 Å². The van der Waals surface area contributed by atoms with Gasteiger partial charge < -0.3 is 9.15 Å². The fraction of sp³-hybridized carbons (Fsp3) is 0.0526.